The average Bonchev–Trinajstić information content (AvgIpc) is 2.37. The third kappa shape index (κ3) is 3.56. The largest absolute Gasteiger partial charge is 0.347 e. The first-order valence-corrected chi connectivity index (χ1v) is 6.94. The number of carbonyl (C=O) groups excluding carboxylic acids is 1. The molecule has 1 amide bonds. The standard InChI is InChI=1S/C14H20BrNO/c1-4-14(5-2,6-3)16-13(17)11-7-9-12(15)10-8-11/h7-10H,4-6H2,1-3H3,(H,16,17). The maximum Gasteiger partial charge on any atom is 0.251 e. The van der Waals surface area contributed by atoms with Gasteiger partial charge in [0, 0.05) is 15.6 Å². The molecule has 2 nitrogen and oxygen atoms in total. The van der Waals surface area contributed by atoms with Crippen molar-refractivity contribution >= 4 is 21.8 Å². The summed E-state index contributed by atoms with van der Waals surface area (Å²) in [6.07, 6.45) is 2.88. The fraction of sp³-hybridized carbons (Fsp3) is 0.500. The quantitative estimate of drug-likeness (QED) is 0.869. The molecule has 0 saturated carbocycles. The van der Waals surface area contributed by atoms with E-state index in [1.54, 1.807) is 0 Å². The number of amides is 1. The predicted octanol–water partition coefficient (Wildman–Crippen LogP) is 4.15. The highest BCUT2D eigenvalue weighted by Crippen LogP contribution is 2.20. The Hall–Kier alpha value is -0.830. The SMILES string of the molecule is CCC(CC)(CC)NC(=O)c1ccc(Br)cc1. The highest BCUT2D eigenvalue weighted by molar-refractivity contribution is 9.10. The molecule has 1 aromatic rings. The van der Waals surface area contributed by atoms with Crippen LogP contribution in [0.3, 0.4) is 0 Å². The lowest BCUT2D eigenvalue weighted by molar-refractivity contribution is 0.0888. The van der Waals surface area contributed by atoms with E-state index < -0.39 is 0 Å². The van der Waals surface area contributed by atoms with Crippen LogP contribution in [0.2, 0.25) is 0 Å². The van der Waals surface area contributed by atoms with Crippen molar-refractivity contribution in [3.63, 3.8) is 0 Å². The van der Waals surface area contributed by atoms with E-state index in [0.29, 0.717) is 5.56 Å². The van der Waals surface area contributed by atoms with Gasteiger partial charge in [0.1, 0.15) is 0 Å². The van der Waals surface area contributed by atoms with Crippen LogP contribution in [0.4, 0.5) is 0 Å². The molecule has 3 heteroatoms. The van der Waals surface area contributed by atoms with Gasteiger partial charge in [-0.05, 0) is 43.5 Å². The Bertz CT molecular complexity index is 360. The molecule has 0 aliphatic carbocycles. The normalized spacial score (nSPS) is 11.3. The van der Waals surface area contributed by atoms with Crippen molar-refractivity contribution in [3.05, 3.63) is 34.3 Å². The lowest BCUT2D eigenvalue weighted by Crippen LogP contribution is -2.47. The third-order valence-corrected chi connectivity index (χ3v) is 4.04. The first kappa shape index (κ1) is 14.2. The van der Waals surface area contributed by atoms with Crippen molar-refractivity contribution in [2.75, 3.05) is 0 Å². The van der Waals surface area contributed by atoms with Crippen molar-refractivity contribution in [3.8, 4) is 0 Å². The second-order valence-corrected chi connectivity index (χ2v) is 5.22. The number of rotatable bonds is 5. The van der Waals surface area contributed by atoms with E-state index in [0.717, 1.165) is 23.7 Å². The van der Waals surface area contributed by atoms with Gasteiger partial charge in [-0.15, -0.1) is 0 Å². The minimum Gasteiger partial charge on any atom is -0.347 e. The maximum atomic E-state index is 12.1. The van der Waals surface area contributed by atoms with Crippen molar-refractivity contribution < 1.29 is 4.79 Å². The van der Waals surface area contributed by atoms with Crippen LogP contribution >= 0.6 is 15.9 Å². The van der Waals surface area contributed by atoms with Gasteiger partial charge in [0.05, 0.1) is 0 Å². The molecule has 0 saturated heterocycles. The van der Waals surface area contributed by atoms with Crippen molar-refractivity contribution in [2.24, 2.45) is 0 Å². The lowest BCUT2D eigenvalue weighted by atomic mass is 9.89. The molecule has 17 heavy (non-hydrogen) atoms. The molecular weight excluding hydrogens is 278 g/mol. The summed E-state index contributed by atoms with van der Waals surface area (Å²) in [6, 6.07) is 7.46. The predicted molar refractivity (Wildman–Crippen MR) is 75.2 cm³/mol. The lowest BCUT2D eigenvalue weighted by Gasteiger charge is -2.31. The van der Waals surface area contributed by atoms with Crippen LogP contribution in [0, 0.1) is 0 Å². The molecule has 94 valence electrons. The first-order valence-electron chi connectivity index (χ1n) is 6.15. The molecule has 0 aliphatic rings. The molecule has 0 radical (unpaired) electrons. The zero-order valence-electron chi connectivity index (χ0n) is 10.7. The van der Waals surface area contributed by atoms with E-state index in [1.807, 2.05) is 24.3 Å². The van der Waals surface area contributed by atoms with Crippen LogP contribution in [0.1, 0.15) is 50.4 Å². The Morgan fingerprint density at radius 3 is 2.00 bits per heavy atom. The number of hydrogen-bond acceptors (Lipinski definition) is 1. The van der Waals surface area contributed by atoms with Crippen LogP contribution < -0.4 is 5.32 Å². The summed E-state index contributed by atoms with van der Waals surface area (Å²) in [5.74, 6) is 0.0167. The van der Waals surface area contributed by atoms with Gasteiger partial charge in [-0.2, -0.15) is 0 Å². The Kier molecular flexibility index (Phi) is 5.19. The summed E-state index contributed by atoms with van der Waals surface area (Å²) < 4.78 is 0.988. The summed E-state index contributed by atoms with van der Waals surface area (Å²) in [4.78, 5) is 12.1. The van der Waals surface area contributed by atoms with Crippen molar-refractivity contribution in [2.45, 2.75) is 45.6 Å². The van der Waals surface area contributed by atoms with Gasteiger partial charge >= 0.3 is 0 Å². The molecule has 1 aromatic carbocycles. The van der Waals surface area contributed by atoms with Crippen LogP contribution in [0.5, 0.6) is 0 Å². The fourth-order valence-corrected chi connectivity index (χ4v) is 2.19. The average molecular weight is 298 g/mol. The van der Waals surface area contributed by atoms with Crippen LogP contribution in [0.15, 0.2) is 28.7 Å². The minimum atomic E-state index is -0.0653. The second kappa shape index (κ2) is 6.20. The van der Waals surface area contributed by atoms with Crippen molar-refractivity contribution in [1.29, 1.82) is 0 Å². The van der Waals surface area contributed by atoms with E-state index in [9.17, 15) is 4.79 Å². The zero-order valence-corrected chi connectivity index (χ0v) is 12.3. The van der Waals surface area contributed by atoms with E-state index >= 15 is 0 Å². The Morgan fingerprint density at radius 1 is 1.12 bits per heavy atom. The molecule has 0 aliphatic heterocycles. The molecule has 0 unspecified atom stereocenters. The molecular formula is C14H20BrNO. The topological polar surface area (TPSA) is 29.1 Å². The van der Waals surface area contributed by atoms with Gasteiger partial charge in [0.2, 0.25) is 0 Å². The summed E-state index contributed by atoms with van der Waals surface area (Å²) in [5, 5.41) is 3.16. The highest BCUT2D eigenvalue weighted by atomic mass is 79.9. The monoisotopic (exact) mass is 297 g/mol. The number of hydrogen-bond donors (Lipinski definition) is 1. The van der Waals surface area contributed by atoms with Gasteiger partial charge in [-0.1, -0.05) is 36.7 Å². The molecule has 1 rings (SSSR count). The number of halogens is 1. The number of carbonyl (C=O) groups is 1. The Labute approximate surface area is 112 Å². The molecule has 0 spiro atoms. The van der Waals surface area contributed by atoms with Crippen LogP contribution in [-0.4, -0.2) is 11.4 Å². The molecule has 0 atom stereocenters. The third-order valence-electron chi connectivity index (χ3n) is 3.52. The van der Waals surface area contributed by atoms with Crippen molar-refractivity contribution in [1.82, 2.24) is 5.32 Å². The van der Waals surface area contributed by atoms with E-state index in [2.05, 4.69) is 42.0 Å². The van der Waals surface area contributed by atoms with Crippen LogP contribution in [0.25, 0.3) is 0 Å². The zero-order chi connectivity index (χ0) is 12.9. The Balaban J connectivity index is 2.81. The van der Waals surface area contributed by atoms with Gasteiger partial charge in [0.25, 0.3) is 5.91 Å². The molecule has 1 N–H and O–H groups in total. The number of nitrogens with one attached hydrogen (secondary N) is 1. The van der Waals surface area contributed by atoms with E-state index in [1.165, 1.54) is 0 Å². The molecule has 0 bridgehead atoms. The van der Waals surface area contributed by atoms with E-state index in [-0.39, 0.29) is 11.4 Å². The van der Waals surface area contributed by atoms with Gasteiger partial charge in [0.15, 0.2) is 0 Å². The first-order chi connectivity index (χ1) is 8.06. The summed E-state index contributed by atoms with van der Waals surface area (Å²) in [6.45, 7) is 6.36. The summed E-state index contributed by atoms with van der Waals surface area (Å²) in [7, 11) is 0. The van der Waals surface area contributed by atoms with Crippen LogP contribution in [-0.2, 0) is 0 Å². The van der Waals surface area contributed by atoms with Gasteiger partial charge < -0.3 is 5.32 Å². The second-order valence-electron chi connectivity index (χ2n) is 4.30. The molecule has 0 aromatic heterocycles. The smallest absolute Gasteiger partial charge is 0.251 e. The minimum absolute atomic E-state index is 0.0167. The Morgan fingerprint density at radius 2 is 1.59 bits per heavy atom. The van der Waals surface area contributed by atoms with E-state index in [4.69, 9.17) is 0 Å². The summed E-state index contributed by atoms with van der Waals surface area (Å²) in [5.41, 5.74) is 0.650. The highest BCUT2D eigenvalue weighted by Gasteiger charge is 2.26. The van der Waals surface area contributed by atoms with Gasteiger partial charge in [-0.25, -0.2) is 0 Å². The molecule has 0 heterocycles. The fourth-order valence-electron chi connectivity index (χ4n) is 1.93. The maximum absolute atomic E-state index is 12.1. The number of benzene rings is 1. The van der Waals surface area contributed by atoms with Gasteiger partial charge in [-0.3, -0.25) is 4.79 Å². The molecule has 0 fully saturated rings. The summed E-state index contributed by atoms with van der Waals surface area (Å²) >= 11 is 3.37.